The van der Waals surface area contributed by atoms with Crippen LogP contribution in [0.4, 0.5) is 16.2 Å². The third-order valence-corrected chi connectivity index (χ3v) is 3.50. The molecule has 0 spiro atoms. The standard InChI is InChI=1S/C18H23N3O2/c1-21(2)16-8-6-15(7-9-16)20-18(22)19-13-12-14-4-10-17(23-3)11-5-14/h4-11H,12-13H2,1-3H3,(H2,19,20,22). The highest BCUT2D eigenvalue weighted by Gasteiger charge is 2.02. The van der Waals surface area contributed by atoms with E-state index < -0.39 is 0 Å². The Labute approximate surface area is 137 Å². The number of hydrogen-bond acceptors (Lipinski definition) is 3. The van der Waals surface area contributed by atoms with Gasteiger partial charge in [0.1, 0.15) is 5.75 Å². The van der Waals surface area contributed by atoms with Crippen molar-refractivity contribution >= 4 is 17.4 Å². The summed E-state index contributed by atoms with van der Waals surface area (Å²) < 4.78 is 5.12. The largest absolute Gasteiger partial charge is 0.497 e. The fourth-order valence-corrected chi connectivity index (χ4v) is 2.13. The zero-order valence-corrected chi connectivity index (χ0v) is 13.8. The van der Waals surface area contributed by atoms with Gasteiger partial charge in [0.15, 0.2) is 0 Å². The highest BCUT2D eigenvalue weighted by atomic mass is 16.5. The minimum Gasteiger partial charge on any atom is -0.497 e. The van der Waals surface area contributed by atoms with Gasteiger partial charge >= 0.3 is 6.03 Å². The topological polar surface area (TPSA) is 53.6 Å². The minimum atomic E-state index is -0.198. The number of amides is 2. The van der Waals surface area contributed by atoms with Crippen molar-refractivity contribution in [3.05, 3.63) is 54.1 Å². The summed E-state index contributed by atoms with van der Waals surface area (Å²) in [5.74, 6) is 0.834. The molecule has 0 atom stereocenters. The number of anilines is 2. The van der Waals surface area contributed by atoms with Crippen LogP contribution < -0.4 is 20.3 Å². The molecule has 0 aliphatic heterocycles. The van der Waals surface area contributed by atoms with Crippen LogP contribution in [0.5, 0.6) is 5.75 Å². The molecular weight excluding hydrogens is 290 g/mol. The third kappa shape index (κ3) is 5.21. The molecule has 2 aromatic rings. The van der Waals surface area contributed by atoms with Gasteiger partial charge in [-0.15, -0.1) is 0 Å². The van der Waals surface area contributed by atoms with Crippen molar-refractivity contribution in [2.75, 3.05) is 38.0 Å². The molecule has 2 N–H and O–H groups in total. The molecule has 2 amide bonds. The average molecular weight is 313 g/mol. The van der Waals surface area contributed by atoms with Crippen molar-refractivity contribution in [2.24, 2.45) is 0 Å². The number of carbonyl (C=O) groups is 1. The molecule has 0 saturated heterocycles. The summed E-state index contributed by atoms with van der Waals surface area (Å²) in [5.41, 5.74) is 3.02. The lowest BCUT2D eigenvalue weighted by Gasteiger charge is -2.13. The molecule has 23 heavy (non-hydrogen) atoms. The van der Waals surface area contributed by atoms with Crippen molar-refractivity contribution in [3.8, 4) is 5.75 Å². The predicted molar refractivity (Wildman–Crippen MR) is 94.5 cm³/mol. The van der Waals surface area contributed by atoms with Gasteiger partial charge in [-0.3, -0.25) is 0 Å². The van der Waals surface area contributed by atoms with Crippen LogP contribution in [-0.2, 0) is 6.42 Å². The van der Waals surface area contributed by atoms with Crippen LogP contribution in [0.25, 0.3) is 0 Å². The predicted octanol–water partition coefficient (Wildman–Crippen LogP) is 3.13. The number of methoxy groups -OCH3 is 1. The molecule has 0 saturated carbocycles. The highest BCUT2D eigenvalue weighted by molar-refractivity contribution is 5.89. The number of ether oxygens (including phenoxy) is 1. The summed E-state index contributed by atoms with van der Waals surface area (Å²) in [6.45, 7) is 0.577. The van der Waals surface area contributed by atoms with E-state index in [1.54, 1.807) is 7.11 Å². The Kier molecular flexibility index (Phi) is 5.86. The monoisotopic (exact) mass is 313 g/mol. The molecule has 0 aliphatic carbocycles. The Bertz CT molecular complexity index is 622. The molecule has 0 bridgehead atoms. The molecule has 0 fully saturated rings. The number of nitrogens with one attached hydrogen (secondary N) is 2. The van der Waals surface area contributed by atoms with Crippen LogP contribution in [0.2, 0.25) is 0 Å². The van der Waals surface area contributed by atoms with E-state index >= 15 is 0 Å². The molecular formula is C18H23N3O2. The lowest BCUT2D eigenvalue weighted by Crippen LogP contribution is -2.30. The second-order valence-corrected chi connectivity index (χ2v) is 5.42. The van der Waals surface area contributed by atoms with Gasteiger partial charge in [0.25, 0.3) is 0 Å². The van der Waals surface area contributed by atoms with E-state index in [0.29, 0.717) is 6.54 Å². The molecule has 0 unspecified atom stereocenters. The molecule has 0 aliphatic rings. The Morgan fingerprint density at radius 1 is 1.04 bits per heavy atom. The van der Waals surface area contributed by atoms with Crippen molar-refractivity contribution in [3.63, 3.8) is 0 Å². The SMILES string of the molecule is COc1ccc(CCNC(=O)Nc2ccc(N(C)C)cc2)cc1. The summed E-state index contributed by atoms with van der Waals surface area (Å²) >= 11 is 0. The molecule has 2 aromatic carbocycles. The summed E-state index contributed by atoms with van der Waals surface area (Å²) in [5, 5.41) is 5.68. The minimum absolute atomic E-state index is 0.198. The Balaban J connectivity index is 1.76. The van der Waals surface area contributed by atoms with E-state index in [4.69, 9.17) is 4.74 Å². The van der Waals surface area contributed by atoms with Crippen LogP contribution in [0.15, 0.2) is 48.5 Å². The van der Waals surface area contributed by atoms with Gasteiger partial charge in [-0.2, -0.15) is 0 Å². The molecule has 122 valence electrons. The quantitative estimate of drug-likeness (QED) is 0.861. The molecule has 0 radical (unpaired) electrons. The molecule has 0 aromatic heterocycles. The zero-order chi connectivity index (χ0) is 16.7. The smallest absolute Gasteiger partial charge is 0.319 e. The average Bonchev–Trinajstić information content (AvgIpc) is 2.56. The van der Waals surface area contributed by atoms with Gasteiger partial charge in [-0.25, -0.2) is 4.79 Å². The van der Waals surface area contributed by atoms with Crippen LogP contribution in [0.3, 0.4) is 0 Å². The maximum atomic E-state index is 11.9. The first-order valence-corrected chi connectivity index (χ1v) is 7.53. The second-order valence-electron chi connectivity index (χ2n) is 5.42. The van der Waals surface area contributed by atoms with Gasteiger partial charge in [0.2, 0.25) is 0 Å². The first-order chi connectivity index (χ1) is 11.1. The van der Waals surface area contributed by atoms with Gasteiger partial charge in [-0.05, 0) is 48.4 Å². The first-order valence-electron chi connectivity index (χ1n) is 7.53. The summed E-state index contributed by atoms with van der Waals surface area (Å²) in [7, 11) is 5.61. The van der Waals surface area contributed by atoms with Gasteiger partial charge in [0, 0.05) is 32.0 Å². The highest BCUT2D eigenvalue weighted by Crippen LogP contribution is 2.15. The summed E-state index contributed by atoms with van der Waals surface area (Å²) in [6, 6.07) is 15.3. The lowest BCUT2D eigenvalue weighted by atomic mass is 10.1. The Hall–Kier alpha value is -2.69. The van der Waals surface area contributed by atoms with Crippen molar-refractivity contribution in [2.45, 2.75) is 6.42 Å². The van der Waals surface area contributed by atoms with Gasteiger partial charge in [-0.1, -0.05) is 12.1 Å². The number of benzene rings is 2. The van der Waals surface area contributed by atoms with Crippen molar-refractivity contribution in [1.29, 1.82) is 0 Å². The fourth-order valence-electron chi connectivity index (χ4n) is 2.13. The third-order valence-electron chi connectivity index (χ3n) is 3.50. The Morgan fingerprint density at radius 2 is 1.70 bits per heavy atom. The molecule has 0 heterocycles. The van der Waals surface area contributed by atoms with E-state index in [1.807, 2.05) is 67.5 Å². The van der Waals surface area contributed by atoms with E-state index in [9.17, 15) is 4.79 Å². The summed E-state index contributed by atoms with van der Waals surface area (Å²) in [6.07, 6.45) is 0.775. The van der Waals surface area contributed by atoms with Crippen LogP contribution in [-0.4, -0.2) is 33.8 Å². The Morgan fingerprint density at radius 3 is 2.26 bits per heavy atom. The number of rotatable bonds is 6. The van der Waals surface area contributed by atoms with Crippen LogP contribution in [0, 0.1) is 0 Å². The molecule has 5 nitrogen and oxygen atoms in total. The van der Waals surface area contributed by atoms with Crippen LogP contribution in [0.1, 0.15) is 5.56 Å². The van der Waals surface area contributed by atoms with Crippen molar-refractivity contribution in [1.82, 2.24) is 5.32 Å². The van der Waals surface area contributed by atoms with E-state index in [0.717, 1.165) is 29.1 Å². The zero-order valence-electron chi connectivity index (χ0n) is 13.8. The van der Waals surface area contributed by atoms with Gasteiger partial charge < -0.3 is 20.3 Å². The lowest BCUT2D eigenvalue weighted by molar-refractivity contribution is 0.252. The van der Waals surface area contributed by atoms with Crippen molar-refractivity contribution < 1.29 is 9.53 Å². The number of urea groups is 1. The number of hydrogen-bond donors (Lipinski definition) is 2. The van der Waals surface area contributed by atoms with E-state index in [2.05, 4.69) is 10.6 Å². The molecule has 5 heteroatoms. The number of nitrogens with zero attached hydrogens (tertiary/aromatic N) is 1. The summed E-state index contributed by atoms with van der Waals surface area (Å²) in [4.78, 5) is 13.9. The normalized spacial score (nSPS) is 10.0. The maximum Gasteiger partial charge on any atom is 0.319 e. The molecule has 2 rings (SSSR count). The van der Waals surface area contributed by atoms with E-state index in [-0.39, 0.29) is 6.03 Å². The van der Waals surface area contributed by atoms with E-state index in [1.165, 1.54) is 0 Å². The van der Waals surface area contributed by atoms with Gasteiger partial charge in [0.05, 0.1) is 7.11 Å². The maximum absolute atomic E-state index is 11.9. The number of carbonyl (C=O) groups excluding carboxylic acids is 1. The first kappa shape index (κ1) is 16.7. The fraction of sp³-hybridized carbons (Fsp3) is 0.278. The second kappa shape index (κ2) is 8.08. The van der Waals surface area contributed by atoms with Crippen LogP contribution >= 0.6 is 0 Å².